The topological polar surface area (TPSA) is 41.6 Å². The standard InChI is InChI=1S/C22H35BrN2O2/c23-13-5-3-4-12-22(26)24-14-9-17-27-21-11-8-10-20(18-21)19-25-15-6-1-2-7-16-25/h8,10-11,18H,1-7,9,12-17,19H2,(H,24,26). The number of nitrogens with zero attached hydrogens (tertiary/aromatic N) is 1. The molecule has 2 rings (SSSR count). The maximum absolute atomic E-state index is 11.7. The van der Waals surface area contributed by atoms with Gasteiger partial charge in [-0.1, -0.05) is 47.3 Å². The van der Waals surface area contributed by atoms with E-state index in [1.165, 1.54) is 44.3 Å². The highest BCUT2D eigenvalue weighted by molar-refractivity contribution is 9.09. The summed E-state index contributed by atoms with van der Waals surface area (Å²) in [7, 11) is 0. The molecule has 1 aliphatic heterocycles. The molecule has 27 heavy (non-hydrogen) atoms. The van der Waals surface area contributed by atoms with Gasteiger partial charge in [-0.05, 0) is 62.9 Å². The molecule has 0 saturated carbocycles. The van der Waals surface area contributed by atoms with Crippen LogP contribution in [0.3, 0.4) is 0 Å². The Morgan fingerprint density at radius 1 is 1.07 bits per heavy atom. The summed E-state index contributed by atoms with van der Waals surface area (Å²) in [6.45, 7) is 4.76. The van der Waals surface area contributed by atoms with E-state index in [4.69, 9.17) is 4.74 Å². The molecule has 1 aromatic carbocycles. The molecule has 1 amide bonds. The molecule has 4 nitrogen and oxygen atoms in total. The minimum absolute atomic E-state index is 0.156. The zero-order chi connectivity index (χ0) is 19.2. The Morgan fingerprint density at radius 2 is 1.89 bits per heavy atom. The molecule has 1 aliphatic rings. The lowest BCUT2D eigenvalue weighted by Gasteiger charge is -2.20. The molecule has 1 fully saturated rings. The molecule has 0 spiro atoms. The van der Waals surface area contributed by atoms with Gasteiger partial charge in [-0.15, -0.1) is 0 Å². The summed E-state index contributed by atoms with van der Waals surface area (Å²) >= 11 is 3.41. The second kappa shape index (κ2) is 14.0. The number of unbranched alkanes of at least 4 members (excludes halogenated alkanes) is 2. The number of nitrogens with one attached hydrogen (secondary N) is 1. The second-order valence-electron chi connectivity index (χ2n) is 7.39. The van der Waals surface area contributed by atoms with Gasteiger partial charge in [0.25, 0.3) is 0 Å². The van der Waals surface area contributed by atoms with Crippen molar-refractivity contribution in [2.45, 2.75) is 64.3 Å². The van der Waals surface area contributed by atoms with Gasteiger partial charge in [0.05, 0.1) is 6.61 Å². The van der Waals surface area contributed by atoms with Crippen LogP contribution in [0.25, 0.3) is 0 Å². The first-order chi connectivity index (χ1) is 13.3. The van der Waals surface area contributed by atoms with Crippen molar-refractivity contribution in [1.29, 1.82) is 0 Å². The van der Waals surface area contributed by atoms with Crippen molar-refractivity contribution in [1.82, 2.24) is 10.2 Å². The summed E-state index contributed by atoms with van der Waals surface area (Å²) in [6.07, 6.45) is 10.1. The van der Waals surface area contributed by atoms with Crippen LogP contribution in [-0.4, -0.2) is 42.4 Å². The van der Waals surface area contributed by atoms with Crippen LogP contribution in [0.15, 0.2) is 24.3 Å². The number of carbonyl (C=O) groups excluding carboxylic acids is 1. The number of rotatable bonds is 12. The maximum atomic E-state index is 11.7. The first-order valence-corrected chi connectivity index (χ1v) is 11.7. The van der Waals surface area contributed by atoms with E-state index in [1.54, 1.807) is 0 Å². The fraction of sp³-hybridized carbons (Fsp3) is 0.682. The number of alkyl halides is 1. The monoisotopic (exact) mass is 438 g/mol. The number of benzene rings is 1. The highest BCUT2D eigenvalue weighted by atomic mass is 79.9. The number of hydrogen-bond acceptors (Lipinski definition) is 3. The molecule has 152 valence electrons. The number of carbonyl (C=O) groups is 1. The van der Waals surface area contributed by atoms with Crippen LogP contribution >= 0.6 is 15.9 Å². The lowest BCUT2D eigenvalue weighted by molar-refractivity contribution is -0.121. The van der Waals surface area contributed by atoms with E-state index >= 15 is 0 Å². The minimum atomic E-state index is 0.156. The Labute approximate surface area is 173 Å². The number of likely N-dealkylation sites (tertiary alicyclic amines) is 1. The van der Waals surface area contributed by atoms with Gasteiger partial charge in [0.2, 0.25) is 5.91 Å². The van der Waals surface area contributed by atoms with Crippen LogP contribution in [0.4, 0.5) is 0 Å². The summed E-state index contributed by atoms with van der Waals surface area (Å²) in [6, 6.07) is 8.45. The van der Waals surface area contributed by atoms with E-state index < -0.39 is 0 Å². The Hall–Kier alpha value is -1.07. The van der Waals surface area contributed by atoms with E-state index in [0.29, 0.717) is 19.6 Å². The predicted molar refractivity (Wildman–Crippen MR) is 116 cm³/mol. The zero-order valence-corrected chi connectivity index (χ0v) is 18.1. The molecule has 1 saturated heterocycles. The molecule has 1 heterocycles. The molecule has 1 aromatic rings. The SMILES string of the molecule is O=C(CCCCCBr)NCCCOc1cccc(CN2CCCCCC2)c1. The van der Waals surface area contributed by atoms with E-state index in [9.17, 15) is 4.79 Å². The average molecular weight is 439 g/mol. The van der Waals surface area contributed by atoms with Crippen LogP contribution in [0.2, 0.25) is 0 Å². The van der Waals surface area contributed by atoms with Crippen LogP contribution in [0.1, 0.15) is 63.4 Å². The van der Waals surface area contributed by atoms with Gasteiger partial charge in [-0.25, -0.2) is 0 Å². The highest BCUT2D eigenvalue weighted by Crippen LogP contribution is 2.17. The van der Waals surface area contributed by atoms with Crippen molar-refractivity contribution in [2.24, 2.45) is 0 Å². The van der Waals surface area contributed by atoms with E-state index in [1.807, 2.05) is 6.07 Å². The number of halogens is 1. The fourth-order valence-electron chi connectivity index (χ4n) is 3.42. The highest BCUT2D eigenvalue weighted by Gasteiger charge is 2.09. The summed E-state index contributed by atoms with van der Waals surface area (Å²) in [4.78, 5) is 14.3. The Morgan fingerprint density at radius 3 is 2.67 bits per heavy atom. The third kappa shape index (κ3) is 10.2. The largest absolute Gasteiger partial charge is 0.494 e. The fourth-order valence-corrected chi connectivity index (χ4v) is 3.82. The van der Waals surface area contributed by atoms with Crippen LogP contribution in [0.5, 0.6) is 5.75 Å². The molecule has 0 radical (unpaired) electrons. The number of hydrogen-bond donors (Lipinski definition) is 1. The molecular weight excluding hydrogens is 404 g/mol. The molecule has 5 heteroatoms. The molecule has 0 unspecified atom stereocenters. The Balaban J connectivity index is 1.59. The van der Waals surface area contributed by atoms with E-state index in [-0.39, 0.29) is 5.91 Å². The third-order valence-electron chi connectivity index (χ3n) is 4.95. The van der Waals surface area contributed by atoms with Gasteiger partial charge in [0.15, 0.2) is 0 Å². The van der Waals surface area contributed by atoms with Crippen LogP contribution in [-0.2, 0) is 11.3 Å². The van der Waals surface area contributed by atoms with Gasteiger partial charge in [0.1, 0.15) is 5.75 Å². The van der Waals surface area contributed by atoms with Crippen molar-refractivity contribution in [2.75, 3.05) is 31.6 Å². The first-order valence-electron chi connectivity index (χ1n) is 10.5. The predicted octanol–water partition coefficient (Wildman–Crippen LogP) is 4.90. The molecular formula is C22H35BrN2O2. The molecule has 0 aliphatic carbocycles. The summed E-state index contributed by atoms with van der Waals surface area (Å²) < 4.78 is 5.88. The smallest absolute Gasteiger partial charge is 0.219 e. The van der Waals surface area contributed by atoms with Crippen molar-refractivity contribution in [3.8, 4) is 5.75 Å². The third-order valence-corrected chi connectivity index (χ3v) is 5.51. The zero-order valence-electron chi connectivity index (χ0n) is 16.6. The van der Waals surface area contributed by atoms with Gasteiger partial charge in [-0.2, -0.15) is 0 Å². The van der Waals surface area contributed by atoms with E-state index in [2.05, 4.69) is 44.3 Å². The molecule has 0 aromatic heterocycles. The van der Waals surface area contributed by atoms with Gasteiger partial charge < -0.3 is 10.1 Å². The Bertz CT molecular complexity index is 531. The quantitative estimate of drug-likeness (QED) is 0.372. The van der Waals surface area contributed by atoms with Gasteiger partial charge in [0, 0.05) is 24.8 Å². The maximum Gasteiger partial charge on any atom is 0.219 e. The van der Waals surface area contributed by atoms with Crippen molar-refractivity contribution in [3.63, 3.8) is 0 Å². The normalized spacial score (nSPS) is 15.3. The summed E-state index contributed by atoms with van der Waals surface area (Å²) in [5, 5.41) is 4.00. The van der Waals surface area contributed by atoms with E-state index in [0.717, 1.165) is 43.3 Å². The number of amides is 1. The second-order valence-corrected chi connectivity index (χ2v) is 8.18. The lowest BCUT2D eigenvalue weighted by atomic mass is 10.2. The molecule has 0 atom stereocenters. The lowest BCUT2D eigenvalue weighted by Crippen LogP contribution is -2.25. The van der Waals surface area contributed by atoms with Crippen molar-refractivity contribution in [3.05, 3.63) is 29.8 Å². The molecule has 0 bridgehead atoms. The molecule has 1 N–H and O–H groups in total. The summed E-state index contributed by atoms with van der Waals surface area (Å²) in [5.41, 5.74) is 1.33. The van der Waals surface area contributed by atoms with Gasteiger partial charge in [-0.3, -0.25) is 9.69 Å². The Kier molecular flexibility index (Phi) is 11.5. The van der Waals surface area contributed by atoms with Gasteiger partial charge >= 0.3 is 0 Å². The number of ether oxygens (including phenoxy) is 1. The van der Waals surface area contributed by atoms with Crippen LogP contribution in [0, 0.1) is 0 Å². The van der Waals surface area contributed by atoms with Crippen molar-refractivity contribution < 1.29 is 9.53 Å². The average Bonchev–Trinajstić information content (AvgIpc) is 2.94. The minimum Gasteiger partial charge on any atom is -0.494 e. The van der Waals surface area contributed by atoms with Crippen molar-refractivity contribution >= 4 is 21.8 Å². The summed E-state index contributed by atoms with van der Waals surface area (Å²) in [5.74, 6) is 1.09. The first kappa shape index (κ1) is 22.2. The van der Waals surface area contributed by atoms with Crippen LogP contribution < -0.4 is 10.1 Å².